The Morgan fingerprint density at radius 1 is 1.44 bits per heavy atom. The third-order valence-electron chi connectivity index (χ3n) is 1.82. The van der Waals surface area contributed by atoms with Gasteiger partial charge in [0.25, 0.3) is 0 Å². The molecule has 0 atom stereocenters. The highest BCUT2D eigenvalue weighted by molar-refractivity contribution is 5.84. The Morgan fingerprint density at radius 2 is 2.31 bits per heavy atom. The van der Waals surface area contributed by atoms with Crippen LogP contribution >= 0.6 is 0 Å². The fourth-order valence-electron chi connectivity index (χ4n) is 1.11. The van der Waals surface area contributed by atoms with Gasteiger partial charge >= 0.3 is 0 Å². The summed E-state index contributed by atoms with van der Waals surface area (Å²) in [6, 6.07) is 7.48. The normalized spacial score (nSPS) is 10.6. The Hall–Kier alpha value is -2.44. The van der Waals surface area contributed by atoms with E-state index in [2.05, 4.69) is 31.2 Å². The lowest BCUT2D eigenvalue weighted by Gasteiger charge is -2.03. The summed E-state index contributed by atoms with van der Waals surface area (Å²) in [6.07, 6.45) is 1.56. The Balaban J connectivity index is 2.05. The summed E-state index contributed by atoms with van der Waals surface area (Å²) >= 11 is 0. The van der Waals surface area contributed by atoms with E-state index in [0.717, 1.165) is 11.3 Å². The number of methoxy groups -OCH3 is 1. The van der Waals surface area contributed by atoms with Crippen LogP contribution in [0.1, 0.15) is 5.56 Å². The number of nitrogens with zero attached hydrogens (tertiary/aromatic N) is 5. The summed E-state index contributed by atoms with van der Waals surface area (Å²) in [6.45, 7) is 0. The molecule has 82 valence electrons. The first-order valence-corrected chi connectivity index (χ1v) is 4.50. The van der Waals surface area contributed by atoms with Gasteiger partial charge in [-0.15, -0.1) is 5.21 Å². The van der Waals surface area contributed by atoms with Gasteiger partial charge in [-0.1, -0.05) is 12.1 Å². The zero-order valence-corrected chi connectivity index (χ0v) is 8.53. The van der Waals surface area contributed by atoms with Crippen LogP contribution in [0, 0.1) is 0 Å². The van der Waals surface area contributed by atoms with Crippen molar-refractivity contribution in [3.8, 4) is 5.75 Å². The summed E-state index contributed by atoms with van der Waals surface area (Å²) in [5, 5.41) is 16.7. The minimum Gasteiger partial charge on any atom is -0.496 e. The van der Waals surface area contributed by atoms with Crippen LogP contribution in [0.3, 0.4) is 0 Å². The molecule has 0 unspecified atom stereocenters. The van der Waals surface area contributed by atoms with Crippen molar-refractivity contribution < 1.29 is 4.74 Å². The van der Waals surface area contributed by atoms with Gasteiger partial charge in [-0.3, -0.25) is 20.8 Å². The van der Waals surface area contributed by atoms with Crippen molar-refractivity contribution in [2.75, 3.05) is 7.11 Å². The van der Waals surface area contributed by atoms with Crippen molar-refractivity contribution in [3.05, 3.63) is 35.3 Å². The number of nitrogens with one attached hydrogen (secondary N) is 1. The standard InChI is InChI=1S/C9H9N6O/c1-16-8-5-3-2-4-7(8)6-10-11-9-12-14-15-13-9/h2-6H,1H3,(H-,11,12,13,14,15)/q-1/b10-6-. The Kier molecular flexibility index (Phi) is 3.07. The predicted octanol–water partition coefficient (Wildman–Crippen LogP) is 1.25. The van der Waals surface area contributed by atoms with Gasteiger partial charge in [0.2, 0.25) is 0 Å². The number of para-hydroxylation sites is 1. The molecule has 0 bridgehead atoms. The lowest BCUT2D eigenvalue weighted by atomic mass is 10.2. The fourth-order valence-corrected chi connectivity index (χ4v) is 1.11. The minimum atomic E-state index is 0.186. The molecule has 0 radical (unpaired) electrons. The minimum absolute atomic E-state index is 0.186. The maximum atomic E-state index is 5.15. The average Bonchev–Trinajstić information content (AvgIpc) is 2.83. The van der Waals surface area contributed by atoms with E-state index in [-0.39, 0.29) is 5.95 Å². The van der Waals surface area contributed by atoms with E-state index in [1.165, 1.54) is 0 Å². The van der Waals surface area contributed by atoms with E-state index in [0.29, 0.717) is 0 Å². The maximum absolute atomic E-state index is 5.15. The smallest absolute Gasteiger partial charge is 0.127 e. The van der Waals surface area contributed by atoms with Crippen LogP contribution in [0.2, 0.25) is 0 Å². The van der Waals surface area contributed by atoms with Gasteiger partial charge in [-0.05, 0) is 12.1 Å². The third-order valence-corrected chi connectivity index (χ3v) is 1.82. The molecule has 16 heavy (non-hydrogen) atoms. The molecule has 2 aromatic rings. The zero-order chi connectivity index (χ0) is 11.2. The van der Waals surface area contributed by atoms with Crippen molar-refractivity contribution in [1.82, 2.24) is 20.6 Å². The van der Waals surface area contributed by atoms with Gasteiger partial charge in [0, 0.05) is 11.8 Å². The molecule has 0 aliphatic carbocycles. The molecule has 7 nitrogen and oxygen atoms in total. The number of hydrogen-bond acceptors (Lipinski definition) is 5. The molecule has 1 aromatic heterocycles. The van der Waals surface area contributed by atoms with Crippen molar-refractivity contribution in [1.29, 1.82) is 0 Å². The number of benzene rings is 1. The molecule has 1 heterocycles. The number of rotatable bonds is 4. The molecule has 0 amide bonds. The number of aromatic amines is 1. The van der Waals surface area contributed by atoms with Crippen molar-refractivity contribution in [2.24, 2.45) is 5.10 Å². The molecular weight excluding hydrogens is 208 g/mol. The lowest BCUT2D eigenvalue weighted by molar-refractivity contribution is 0.414. The predicted molar refractivity (Wildman–Crippen MR) is 57.8 cm³/mol. The highest BCUT2D eigenvalue weighted by Crippen LogP contribution is 2.16. The van der Waals surface area contributed by atoms with E-state index in [1.807, 2.05) is 24.3 Å². The SMILES string of the molecule is COc1ccccc1/C=N\[N-]c1nn[nH]n1. The molecule has 0 aliphatic heterocycles. The van der Waals surface area contributed by atoms with Gasteiger partial charge in [-0.2, -0.15) is 0 Å². The second-order valence-corrected chi connectivity index (χ2v) is 2.80. The summed E-state index contributed by atoms with van der Waals surface area (Å²) in [7, 11) is 1.60. The molecule has 0 saturated carbocycles. The monoisotopic (exact) mass is 217 g/mol. The number of tetrazole rings is 1. The van der Waals surface area contributed by atoms with Crippen LogP contribution in [-0.4, -0.2) is 33.9 Å². The van der Waals surface area contributed by atoms with E-state index in [9.17, 15) is 0 Å². The summed E-state index contributed by atoms with van der Waals surface area (Å²) in [5.74, 6) is 0.917. The molecule has 1 aromatic carbocycles. The summed E-state index contributed by atoms with van der Waals surface area (Å²) < 4.78 is 5.15. The second-order valence-electron chi connectivity index (χ2n) is 2.80. The Morgan fingerprint density at radius 3 is 3.06 bits per heavy atom. The fraction of sp³-hybridized carbons (Fsp3) is 0.111. The number of hydrogen-bond donors (Lipinski definition) is 1. The van der Waals surface area contributed by atoms with E-state index < -0.39 is 0 Å². The second kappa shape index (κ2) is 4.87. The molecule has 0 saturated heterocycles. The van der Waals surface area contributed by atoms with Crippen LogP contribution in [0.15, 0.2) is 29.4 Å². The molecule has 7 heteroatoms. The van der Waals surface area contributed by atoms with E-state index in [1.54, 1.807) is 13.3 Å². The highest BCUT2D eigenvalue weighted by atomic mass is 16.5. The number of ether oxygens (including phenoxy) is 1. The van der Waals surface area contributed by atoms with Crippen LogP contribution < -0.4 is 4.74 Å². The van der Waals surface area contributed by atoms with Crippen molar-refractivity contribution in [2.45, 2.75) is 0 Å². The largest absolute Gasteiger partial charge is 0.496 e. The van der Waals surface area contributed by atoms with Crippen molar-refractivity contribution >= 4 is 12.2 Å². The Labute approximate surface area is 91.5 Å². The van der Waals surface area contributed by atoms with Gasteiger partial charge in [0.15, 0.2) is 0 Å². The number of H-pyrrole nitrogens is 1. The van der Waals surface area contributed by atoms with Gasteiger partial charge < -0.3 is 4.74 Å². The molecule has 0 fully saturated rings. The maximum Gasteiger partial charge on any atom is 0.127 e. The van der Waals surface area contributed by atoms with Gasteiger partial charge in [-0.25, -0.2) is 5.10 Å². The van der Waals surface area contributed by atoms with Crippen LogP contribution in [0.4, 0.5) is 5.95 Å². The molecular formula is C9H9N6O-. The van der Waals surface area contributed by atoms with Gasteiger partial charge in [0.05, 0.1) is 13.1 Å². The van der Waals surface area contributed by atoms with Crippen molar-refractivity contribution in [3.63, 3.8) is 0 Å². The summed E-state index contributed by atoms with van der Waals surface area (Å²) in [5.41, 5.74) is 4.57. The van der Waals surface area contributed by atoms with E-state index >= 15 is 0 Å². The summed E-state index contributed by atoms with van der Waals surface area (Å²) in [4.78, 5) is 0. The van der Waals surface area contributed by atoms with E-state index in [4.69, 9.17) is 4.74 Å². The molecule has 1 N–H and O–H groups in total. The first-order valence-electron chi connectivity index (χ1n) is 4.50. The first-order chi connectivity index (χ1) is 7.90. The molecule has 0 spiro atoms. The molecule has 0 aliphatic rings. The molecule has 2 rings (SSSR count). The average molecular weight is 217 g/mol. The van der Waals surface area contributed by atoms with Gasteiger partial charge in [0.1, 0.15) is 5.75 Å². The zero-order valence-electron chi connectivity index (χ0n) is 8.53. The first kappa shape index (κ1) is 10.1. The van der Waals surface area contributed by atoms with Crippen LogP contribution in [-0.2, 0) is 0 Å². The third kappa shape index (κ3) is 2.32. The highest BCUT2D eigenvalue weighted by Gasteiger charge is 1.96. The number of aromatic nitrogens is 4. The van der Waals surface area contributed by atoms with Crippen LogP contribution in [0.25, 0.3) is 5.43 Å². The Bertz CT molecular complexity index is 467. The quantitative estimate of drug-likeness (QED) is 0.616. The van der Waals surface area contributed by atoms with Crippen LogP contribution in [0.5, 0.6) is 5.75 Å². The lowest BCUT2D eigenvalue weighted by Crippen LogP contribution is -1.89. The topological polar surface area (TPSA) is 90.1 Å².